The molecule has 0 saturated heterocycles. The lowest BCUT2D eigenvalue weighted by atomic mass is 10.1. The van der Waals surface area contributed by atoms with Crippen molar-refractivity contribution in [1.82, 2.24) is 9.62 Å². The van der Waals surface area contributed by atoms with E-state index >= 15 is 0 Å². The molecule has 0 unspecified atom stereocenters. The molecule has 0 aliphatic rings. The maximum atomic E-state index is 12.5. The molecule has 0 radical (unpaired) electrons. The van der Waals surface area contributed by atoms with Gasteiger partial charge in [0.2, 0.25) is 5.91 Å². The van der Waals surface area contributed by atoms with Gasteiger partial charge in [0.25, 0.3) is 10.0 Å². The number of amides is 1. The molecule has 1 heterocycles. The third-order valence-corrected chi connectivity index (χ3v) is 7.69. The van der Waals surface area contributed by atoms with Crippen molar-refractivity contribution in [3.8, 4) is 0 Å². The molecule has 1 aromatic heterocycles. The number of rotatable bonds is 10. The van der Waals surface area contributed by atoms with E-state index in [1.54, 1.807) is 24.3 Å². The molecule has 2 aromatic rings. The average Bonchev–Trinajstić information content (AvgIpc) is 3.09. The Kier molecular flexibility index (Phi) is 7.33. The molecule has 0 aliphatic carbocycles. The molecular formula is C18H25N3O3S2. The topological polar surface area (TPSA) is 92.5 Å². The third-order valence-electron chi connectivity index (χ3n) is 4.03. The van der Waals surface area contributed by atoms with Crippen LogP contribution in [-0.4, -0.2) is 38.3 Å². The van der Waals surface area contributed by atoms with Crippen LogP contribution in [0, 0.1) is 0 Å². The Balaban J connectivity index is 1.89. The van der Waals surface area contributed by atoms with Crippen molar-refractivity contribution in [1.29, 1.82) is 0 Å². The molecule has 6 nitrogen and oxygen atoms in total. The van der Waals surface area contributed by atoms with E-state index in [0.29, 0.717) is 36.0 Å². The molecule has 0 bridgehead atoms. The van der Waals surface area contributed by atoms with E-state index in [1.165, 1.54) is 15.6 Å². The summed E-state index contributed by atoms with van der Waals surface area (Å²) < 4.78 is 26.8. The summed E-state index contributed by atoms with van der Waals surface area (Å²) in [6.07, 6.45) is 0.744. The van der Waals surface area contributed by atoms with E-state index in [1.807, 2.05) is 26.0 Å². The summed E-state index contributed by atoms with van der Waals surface area (Å²) >= 11 is 1.32. The first-order chi connectivity index (χ1) is 12.4. The maximum Gasteiger partial charge on any atom is 0.252 e. The SMILES string of the molecule is CCN(CC)S(=O)(=O)c1ccc(CCNCc2cccc(C(N)=O)c2)s1. The van der Waals surface area contributed by atoms with Crippen LogP contribution < -0.4 is 11.1 Å². The number of nitrogens with two attached hydrogens (primary N) is 1. The predicted octanol–water partition coefficient (Wildman–Crippen LogP) is 2.21. The normalized spacial score (nSPS) is 11.8. The lowest BCUT2D eigenvalue weighted by molar-refractivity contribution is 0.1000. The van der Waals surface area contributed by atoms with Gasteiger partial charge in [-0.1, -0.05) is 26.0 Å². The Hall–Kier alpha value is -1.74. The molecule has 142 valence electrons. The Labute approximate surface area is 159 Å². The number of nitrogens with zero attached hydrogens (tertiary/aromatic N) is 1. The highest BCUT2D eigenvalue weighted by atomic mass is 32.2. The fourth-order valence-corrected chi connectivity index (χ4v) is 5.57. The molecular weight excluding hydrogens is 370 g/mol. The van der Waals surface area contributed by atoms with Crippen LogP contribution in [0.15, 0.2) is 40.6 Å². The highest BCUT2D eigenvalue weighted by molar-refractivity contribution is 7.91. The zero-order chi connectivity index (χ0) is 19.2. The first-order valence-electron chi connectivity index (χ1n) is 8.56. The fourth-order valence-electron chi connectivity index (χ4n) is 2.60. The Morgan fingerprint density at radius 1 is 1.19 bits per heavy atom. The smallest absolute Gasteiger partial charge is 0.252 e. The van der Waals surface area contributed by atoms with Crippen LogP contribution in [0.25, 0.3) is 0 Å². The van der Waals surface area contributed by atoms with E-state index in [9.17, 15) is 13.2 Å². The van der Waals surface area contributed by atoms with Crippen LogP contribution in [0.3, 0.4) is 0 Å². The zero-order valence-electron chi connectivity index (χ0n) is 15.1. The third kappa shape index (κ3) is 5.14. The van der Waals surface area contributed by atoms with Crippen molar-refractivity contribution in [3.05, 3.63) is 52.4 Å². The number of primary amides is 1. The van der Waals surface area contributed by atoms with Crippen LogP contribution in [0.2, 0.25) is 0 Å². The van der Waals surface area contributed by atoms with Crippen molar-refractivity contribution in [2.24, 2.45) is 5.73 Å². The van der Waals surface area contributed by atoms with Gasteiger partial charge in [-0.25, -0.2) is 8.42 Å². The van der Waals surface area contributed by atoms with E-state index in [2.05, 4.69) is 5.32 Å². The standard InChI is InChI=1S/C18H25N3O3S2/c1-3-21(4-2)26(23,24)17-9-8-16(25-17)10-11-20-13-14-6-5-7-15(12-14)18(19)22/h5-9,12,20H,3-4,10-11,13H2,1-2H3,(H2,19,22). The largest absolute Gasteiger partial charge is 0.366 e. The lowest BCUT2D eigenvalue weighted by Crippen LogP contribution is -2.29. The second-order valence-electron chi connectivity index (χ2n) is 5.80. The van der Waals surface area contributed by atoms with Crippen LogP contribution in [-0.2, 0) is 23.0 Å². The van der Waals surface area contributed by atoms with Gasteiger partial charge in [0.1, 0.15) is 4.21 Å². The molecule has 26 heavy (non-hydrogen) atoms. The van der Waals surface area contributed by atoms with Gasteiger partial charge in [0, 0.05) is 36.6 Å². The number of sulfonamides is 1. The number of benzene rings is 1. The summed E-state index contributed by atoms with van der Waals surface area (Å²) in [5, 5.41) is 3.30. The Morgan fingerprint density at radius 2 is 1.92 bits per heavy atom. The van der Waals surface area contributed by atoms with Crippen molar-refractivity contribution in [3.63, 3.8) is 0 Å². The zero-order valence-corrected chi connectivity index (χ0v) is 16.7. The average molecular weight is 396 g/mol. The van der Waals surface area contributed by atoms with Gasteiger partial charge in [0.15, 0.2) is 0 Å². The number of nitrogens with one attached hydrogen (secondary N) is 1. The molecule has 0 saturated carbocycles. The number of carbonyl (C=O) groups excluding carboxylic acids is 1. The van der Waals surface area contributed by atoms with Crippen molar-refractivity contribution < 1.29 is 13.2 Å². The molecule has 0 aliphatic heterocycles. The molecule has 1 amide bonds. The first-order valence-corrected chi connectivity index (χ1v) is 10.8. The fraction of sp³-hybridized carbons (Fsp3) is 0.389. The first kappa shape index (κ1) is 20.6. The summed E-state index contributed by atoms with van der Waals surface area (Å²) in [5.41, 5.74) is 6.76. The molecule has 0 spiro atoms. The van der Waals surface area contributed by atoms with E-state index in [0.717, 1.165) is 16.9 Å². The highest BCUT2D eigenvalue weighted by Crippen LogP contribution is 2.25. The summed E-state index contributed by atoms with van der Waals surface area (Å²) in [5.74, 6) is -0.438. The van der Waals surface area contributed by atoms with Crippen molar-refractivity contribution in [2.75, 3.05) is 19.6 Å². The Bertz CT molecular complexity index is 843. The van der Waals surface area contributed by atoms with E-state index < -0.39 is 15.9 Å². The number of hydrogen-bond donors (Lipinski definition) is 2. The number of carbonyl (C=O) groups is 1. The number of thiophene rings is 1. The summed E-state index contributed by atoms with van der Waals surface area (Å²) in [6, 6.07) is 10.8. The van der Waals surface area contributed by atoms with Gasteiger partial charge in [-0.05, 0) is 36.2 Å². The second-order valence-corrected chi connectivity index (χ2v) is 9.13. The van der Waals surface area contributed by atoms with Crippen LogP contribution in [0.4, 0.5) is 0 Å². The maximum absolute atomic E-state index is 12.5. The van der Waals surface area contributed by atoms with Crippen LogP contribution in [0.1, 0.15) is 34.6 Å². The quantitative estimate of drug-likeness (QED) is 0.603. The van der Waals surface area contributed by atoms with Crippen LogP contribution in [0.5, 0.6) is 0 Å². The van der Waals surface area contributed by atoms with Gasteiger partial charge in [-0.3, -0.25) is 4.79 Å². The molecule has 0 fully saturated rings. The molecule has 1 aromatic carbocycles. The van der Waals surface area contributed by atoms with Gasteiger partial charge >= 0.3 is 0 Å². The molecule has 2 rings (SSSR count). The van der Waals surface area contributed by atoms with E-state index in [4.69, 9.17) is 5.73 Å². The van der Waals surface area contributed by atoms with Crippen LogP contribution >= 0.6 is 11.3 Å². The predicted molar refractivity (Wildman–Crippen MR) is 105 cm³/mol. The molecule has 0 atom stereocenters. The van der Waals surface area contributed by atoms with Crippen molar-refractivity contribution in [2.45, 2.75) is 31.0 Å². The van der Waals surface area contributed by atoms with Gasteiger partial charge in [-0.2, -0.15) is 4.31 Å². The molecule has 3 N–H and O–H groups in total. The second kappa shape index (κ2) is 9.27. The minimum Gasteiger partial charge on any atom is -0.366 e. The number of hydrogen-bond acceptors (Lipinski definition) is 5. The van der Waals surface area contributed by atoms with Gasteiger partial charge in [-0.15, -0.1) is 11.3 Å². The monoisotopic (exact) mass is 395 g/mol. The lowest BCUT2D eigenvalue weighted by Gasteiger charge is -2.16. The summed E-state index contributed by atoms with van der Waals surface area (Å²) in [4.78, 5) is 12.2. The summed E-state index contributed by atoms with van der Waals surface area (Å²) in [6.45, 7) is 5.96. The molecule has 8 heteroatoms. The van der Waals surface area contributed by atoms with Gasteiger partial charge < -0.3 is 11.1 Å². The van der Waals surface area contributed by atoms with E-state index in [-0.39, 0.29) is 0 Å². The van der Waals surface area contributed by atoms with Gasteiger partial charge in [0.05, 0.1) is 0 Å². The summed E-state index contributed by atoms with van der Waals surface area (Å²) in [7, 11) is -3.38. The Morgan fingerprint density at radius 3 is 2.58 bits per heavy atom. The minimum absolute atomic E-state index is 0.394. The minimum atomic E-state index is -3.38. The van der Waals surface area contributed by atoms with Crippen molar-refractivity contribution >= 4 is 27.3 Å². The highest BCUT2D eigenvalue weighted by Gasteiger charge is 2.23.